The van der Waals surface area contributed by atoms with E-state index in [0.717, 1.165) is 10.7 Å². The maximum Gasteiger partial charge on any atom is 0.311 e. The number of imidazole rings is 1. The van der Waals surface area contributed by atoms with Crippen LogP contribution in [-0.2, 0) is 16.0 Å². The van der Waals surface area contributed by atoms with Gasteiger partial charge in [0.15, 0.2) is 4.96 Å². The van der Waals surface area contributed by atoms with E-state index < -0.39 is 11.4 Å². The first-order valence-electron chi connectivity index (χ1n) is 6.92. The van der Waals surface area contributed by atoms with Crippen LogP contribution < -0.4 is 5.32 Å². The van der Waals surface area contributed by atoms with Crippen molar-refractivity contribution in [1.82, 2.24) is 14.7 Å². The van der Waals surface area contributed by atoms with Crippen molar-refractivity contribution in [2.45, 2.75) is 33.1 Å². The van der Waals surface area contributed by atoms with Gasteiger partial charge in [-0.15, -0.1) is 11.3 Å². The molecule has 114 valence electrons. The van der Waals surface area contributed by atoms with E-state index in [9.17, 15) is 14.7 Å². The number of fused-ring (bicyclic) bond motifs is 1. The lowest BCUT2D eigenvalue weighted by molar-refractivity contribution is -0.149. The minimum Gasteiger partial charge on any atom is -0.481 e. The van der Waals surface area contributed by atoms with Crippen LogP contribution in [0, 0.1) is 5.41 Å². The summed E-state index contributed by atoms with van der Waals surface area (Å²) in [5.74, 6) is -1.03. The molecule has 0 bridgehead atoms. The summed E-state index contributed by atoms with van der Waals surface area (Å²) in [6.07, 6.45) is 4.71. The normalized spacial score (nSPS) is 11.7. The average molecular weight is 309 g/mol. The van der Waals surface area contributed by atoms with Crippen LogP contribution in [0.3, 0.4) is 0 Å². The van der Waals surface area contributed by atoms with Gasteiger partial charge in [-0.05, 0) is 12.8 Å². The van der Waals surface area contributed by atoms with Crippen molar-refractivity contribution < 1.29 is 14.7 Å². The molecule has 21 heavy (non-hydrogen) atoms. The molecule has 0 fully saturated rings. The molecule has 2 aromatic heterocycles. The number of carboxylic acids is 1. The van der Waals surface area contributed by atoms with Gasteiger partial charge < -0.3 is 10.4 Å². The van der Waals surface area contributed by atoms with Gasteiger partial charge in [-0.25, -0.2) is 4.98 Å². The van der Waals surface area contributed by atoms with E-state index >= 15 is 0 Å². The SMILES string of the molecule is CCC(CC)(CNC(=O)Cc1csc2nccn12)C(=O)O. The molecular formula is C14H19N3O3S. The maximum absolute atomic E-state index is 12.0. The zero-order chi connectivity index (χ0) is 15.5. The van der Waals surface area contributed by atoms with Crippen molar-refractivity contribution in [1.29, 1.82) is 0 Å². The zero-order valence-electron chi connectivity index (χ0n) is 12.1. The summed E-state index contributed by atoms with van der Waals surface area (Å²) >= 11 is 1.48. The highest BCUT2D eigenvalue weighted by Gasteiger charge is 2.35. The largest absolute Gasteiger partial charge is 0.481 e. The Labute approximate surface area is 126 Å². The van der Waals surface area contributed by atoms with Gasteiger partial charge in [-0.1, -0.05) is 13.8 Å². The van der Waals surface area contributed by atoms with Gasteiger partial charge in [0.05, 0.1) is 11.8 Å². The molecule has 6 nitrogen and oxygen atoms in total. The quantitative estimate of drug-likeness (QED) is 0.819. The maximum atomic E-state index is 12.0. The number of nitrogens with one attached hydrogen (secondary N) is 1. The molecule has 7 heteroatoms. The Morgan fingerprint density at radius 2 is 2.14 bits per heavy atom. The molecule has 1 amide bonds. The molecule has 0 atom stereocenters. The summed E-state index contributed by atoms with van der Waals surface area (Å²) in [5.41, 5.74) is -0.0202. The van der Waals surface area contributed by atoms with E-state index in [0.29, 0.717) is 12.8 Å². The Morgan fingerprint density at radius 3 is 2.76 bits per heavy atom. The van der Waals surface area contributed by atoms with E-state index in [1.54, 1.807) is 6.20 Å². The number of hydrogen-bond acceptors (Lipinski definition) is 4. The molecule has 0 spiro atoms. The standard InChI is InChI=1S/C14H19N3O3S/c1-3-14(4-2,12(19)20)9-16-11(18)7-10-8-21-13-15-5-6-17(10)13/h5-6,8H,3-4,7,9H2,1-2H3,(H,16,18)(H,19,20). The lowest BCUT2D eigenvalue weighted by Crippen LogP contribution is -2.42. The predicted molar refractivity (Wildman–Crippen MR) is 80.4 cm³/mol. The number of thiazole rings is 1. The number of carboxylic acid groups (broad SMARTS) is 1. The lowest BCUT2D eigenvalue weighted by Gasteiger charge is -2.26. The Kier molecular flexibility index (Phi) is 4.62. The summed E-state index contributed by atoms with van der Waals surface area (Å²) in [6.45, 7) is 3.82. The second-order valence-corrected chi connectivity index (χ2v) is 5.89. The number of rotatable bonds is 7. The lowest BCUT2D eigenvalue weighted by atomic mass is 9.82. The van der Waals surface area contributed by atoms with Crippen LogP contribution in [0.5, 0.6) is 0 Å². The van der Waals surface area contributed by atoms with Crippen molar-refractivity contribution in [2.24, 2.45) is 5.41 Å². The van der Waals surface area contributed by atoms with Crippen LogP contribution in [0.25, 0.3) is 4.96 Å². The average Bonchev–Trinajstić information content (AvgIpc) is 3.05. The predicted octanol–water partition coefficient (Wildman–Crippen LogP) is 1.95. The smallest absolute Gasteiger partial charge is 0.311 e. The number of hydrogen-bond donors (Lipinski definition) is 2. The van der Waals surface area contributed by atoms with E-state index in [1.807, 2.05) is 29.8 Å². The van der Waals surface area contributed by atoms with E-state index in [-0.39, 0.29) is 18.9 Å². The molecule has 2 rings (SSSR count). The van der Waals surface area contributed by atoms with Gasteiger partial charge >= 0.3 is 5.97 Å². The van der Waals surface area contributed by atoms with Gasteiger partial charge in [0.1, 0.15) is 0 Å². The third-order valence-corrected chi connectivity index (χ3v) is 4.89. The fourth-order valence-electron chi connectivity index (χ4n) is 2.27. The summed E-state index contributed by atoms with van der Waals surface area (Å²) in [6, 6.07) is 0. The van der Waals surface area contributed by atoms with Crippen molar-refractivity contribution in [3.63, 3.8) is 0 Å². The van der Waals surface area contributed by atoms with Crippen LogP contribution >= 0.6 is 11.3 Å². The van der Waals surface area contributed by atoms with Gasteiger partial charge in [-0.3, -0.25) is 14.0 Å². The first kappa shape index (κ1) is 15.5. The molecular weight excluding hydrogens is 290 g/mol. The number of nitrogens with zero attached hydrogens (tertiary/aromatic N) is 2. The Morgan fingerprint density at radius 1 is 1.43 bits per heavy atom. The van der Waals surface area contributed by atoms with Crippen LogP contribution in [0.1, 0.15) is 32.4 Å². The van der Waals surface area contributed by atoms with Crippen LogP contribution in [0.2, 0.25) is 0 Å². The molecule has 0 saturated heterocycles. The van der Waals surface area contributed by atoms with Gasteiger partial charge in [0.2, 0.25) is 5.91 Å². The fourth-order valence-corrected chi connectivity index (χ4v) is 3.12. The van der Waals surface area contributed by atoms with Gasteiger partial charge in [0.25, 0.3) is 0 Å². The summed E-state index contributed by atoms with van der Waals surface area (Å²) in [5, 5.41) is 14.0. The van der Waals surface area contributed by atoms with E-state index in [2.05, 4.69) is 10.3 Å². The molecule has 0 unspecified atom stereocenters. The molecule has 2 aromatic rings. The molecule has 2 N–H and O–H groups in total. The van der Waals surface area contributed by atoms with E-state index in [1.165, 1.54) is 11.3 Å². The van der Waals surface area contributed by atoms with Crippen molar-refractivity contribution in [3.8, 4) is 0 Å². The van der Waals surface area contributed by atoms with Crippen LogP contribution in [-0.4, -0.2) is 32.9 Å². The third kappa shape index (κ3) is 3.07. The molecule has 0 saturated carbocycles. The first-order valence-corrected chi connectivity index (χ1v) is 7.80. The third-order valence-electron chi connectivity index (χ3n) is 3.99. The Bertz CT molecular complexity index is 643. The first-order chi connectivity index (χ1) is 10.0. The van der Waals surface area contributed by atoms with Crippen molar-refractivity contribution >= 4 is 28.2 Å². The topological polar surface area (TPSA) is 83.7 Å². The summed E-state index contributed by atoms with van der Waals surface area (Å²) in [7, 11) is 0. The monoisotopic (exact) mass is 309 g/mol. The highest BCUT2D eigenvalue weighted by atomic mass is 32.1. The molecule has 0 aliphatic rings. The Hall–Kier alpha value is -1.89. The number of aromatic nitrogens is 2. The number of carbonyl (C=O) groups excluding carboxylic acids is 1. The molecule has 2 heterocycles. The van der Waals surface area contributed by atoms with Crippen molar-refractivity contribution in [3.05, 3.63) is 23.5 Å². The number of aliphatic carboxylic acids is 1. The summed E-state index contributed by atoms with van der Waals surface area (Å²) in [4.78, 5) is 28.4. The minimum atomic E-state index is -0.880. The highest BCUT2D eigenvalue weighted by Crippen LogP contribution is 2.25. The van der Waals surface area contributed by atoms with Crippen molar-refractivity contribution in [2.75, 3.05) is 6.54 Å². The molecule has 0 aliphatic carbocycles. The molecule has 0 radical (unpaired) electrons. The Balaban J connectivity index is 1.99. The fraction of sp³-hybridized carbons (Fsp3) is 0.500. The highest BCUT2D eigenvalue weighted by molar-refractivity contribution is 7.15. The van der Waals surface area contributed by atoms with E-state index in [4.69, 9.17) is 0 Å². The summed E-state index contributed by atoms with van der Waals surface area (Å²) < 4.78 is 1.87. The molecule has 0 aliphatic heterocycles. The number of carbonyl (C=O) groups is 2. The second-order valence-electron chi connectivity index (χ2n) is 5.05. The second kappa shape index (κ2) is 6.26. The minimum absolute atomic E-state index is 0.158. The number of amides is 1. The van der Waals surface area contributed by atoms with Crippen LogP contribution in [0.4, 0.5) is 0 Å². The zero-order valence-corrected chi connectivity index (χ0v) is 12.9. The van der Waals surface area contributed by atoms with Gasteiger partial charge in [0, 0.05) is 30.0 Å². The molecule has 0 aromatic carbocycles. The van der Waals surface area contributed by atoms with Crippen LogP contribution in [0.15, 0.2) is 17.8 Å². The van der Waals surface area contributed by atoms with Gasteiger partial charge in [-0.2, -0.15) is 0 Å².